The maximum absolute atomic E-state index is 11.7. The minimum absolute atomic E-state index is 0.237. The molecule has 0 fully saturated rings. The van der Waals surface area contributed by atoms with Crippen LogP contribution in [0.15, 0.2) is 24.3 Å². The zero-order valence-electron chi connectivity index (χ0n) is 13.1. The fourth-order valence-electron chi connectivity index (χ4n) is 1.79. The van der Waals surface area contributed by atoms with Crippen LogP contribution in [0.25, 0.3) is 0 Å². The average molecular weight is 278 g/mol. The number of benzene rings is 1. The van der Waals surface area contributed by atoms with Crippen molar-refractivity contribution in [2.45, 2.75) is 19.9 Å². The average Bonchev–Trinajstić information content (AvgIpc) is 2.43. The first-order valence-electron chi connectivity index (χ1n) is 7.12. The topological polar surface area (TPSA) is 32.8 Å². The summed E-state index contributed by atoms with van der Waals surface area (Å²) in [6.07, 6.45) is 0.848. The number of rotatable bonds is 8. The molecule has 0 unspecified atom stereocenters. The molecule has 0 aliphatic carbocycles. The Hall–Kier alpha value is -1.39. The molecule has 20 heavy (non-hydrogen) atoms. The van der Waals surface area contributed by atoms with Gasteiger partial charge in [-0.3, -0.25) is 0 Å². The molecule has 0 atom stereocenters. The molecular formula is C16H26N2O2. The first-order chi connectivity index (χ1) is 9.52. The van der Waals surface area contributed by atoms with Gasteiger partial charge >= 0.3 is 5.97 Å². The molecule has 0 bridgehead atoms. The third-order valence-electron chi connectivity index (χ3n) is 3.01. The van der Waals surface area contributed by atoms with Gasteiger partial charge in [0.2, 0.25) is 0 Å². The van der Waals surface area contributed by atoms with Gasteiger partial charge in [-0.25, -0.2) is 4.79 Å². The molecule has 0 N–H and O–H groups in total. The van der Waals surface area contributed by atoms with Crippen molar-refractivity contribution in [2.75, 3.05) is 40.8 Å². The predicted molar refractivity (Wildman–Crippen MR) is 81.9 cm³/mol. The van der Waals surface area contributed by atoms with Gasteiger partial charge in [-0.15, -0.1) is 0 Å². The minimum atomic E-state index is -0.237. The third kappa shape index (κ3) is 6.17. The van der Waals surface area contributed by atoms with E-state index in [9.17, 15) is 4.79 Å². The van der Waals surface area contributed by atoms with E-state index in [0.29, 0.717) is 12.2 Å². The van der Waals surface area contributed by atoms with Crippen LogP contribution in [0, 0.1) is 0 Å². The maximum atomic E-state index is 11.7. The summed E-state index contributed by atoms with van der Waals surface area (Å²) in [5, 5.41) is 0. The highest BCUT2D eigenvalue weighted by Gasteiger charge is 2.07. The number of likely N-dealkylation sites (N-methyl/N-ethyl adjacent to an activating group) is 2. The van der Waals surface area contributed by atoms with Crippen molar-refractivity contribution >= 4 is 5.97 Å². The largest absolute Gasteiger partial charge is 0.462 e. The molecule has 112 valence electrons. The number of hydrogen-bond donors (Lipinski definition) is 0. The van der Waals surface area contributed by atoms with E-state index in [1.165, 1.54) is 5.56 Å². The van der Waals surface area contributed by atoms with Crippen LogP contribution in [-0.4, -0.2) is 56.6 Å². The summed E-state index contributed by atoms with van der Waals surface area (Å²) in [5.41, 5.74) is 1.83. The Kier molecular flexibility index (Phi) is 7.26. The van der Waals surface area contributed by atoms with Gasteiger partial charge in [0.15, 0.2) is 0 Å². The second-order valence-corrected chi connectivity index (χ2v) is 5.37. The summed E-state index contributed by atoms with van der Waals surface area (Å²) in [6.45, 7) is 5.41. The van der Waals surface area contributed by atoms with Gasteiger partial charge in [0.1, 0.15) is 0 Å². The SMILES string of the molecule is CCCOC(=O)c1ccc(CN(C)CCN(C)C)cc1. The maximum Gasteiger partial charge on any atom is 0.338 e. The summed E-state index contributed by atoms with van der Waals surface area (Å²) in [4.78, 5) is 16.1. The van der Waals surface area contributed by atoms with E-state index >= 15 is 0 Å². The van der Waals surface area contributed by atoms with E-state index in [0.717, 1.165) is 26.1 Å². The van der Waals surface area contributed by atoms with Gasteiger partial charge in [0, 0.05) is 19.6 Å². The number of ether oxygens (including phenoxy) is 1. The van der Waals surface area contributed by atoms with Crippen molar-refractivity contribution in [3.63, 3.8) is 0 Å². The number of carbonyl (C=O) groups excluding carboxylic acids is 1. The summed E-state index contributed by atoms with van der Waals surface area (Å²) in [6, 6.07) is 7.67. The van der Waals surface area contributed by atoms with Crippen molar-refractivity contribution in [1.29, 1.82) is 0 Å². The van der Waals surface area contributed by atoms with Crippen molar-refractivity contribution in [2.24, 2.45) is 0 Å². The summed E-state index contributed by atoms with van der Waals surface area (Å²) >= 11 is 0. The molecule has 0 aliphatic rings. The van der Waals surface area contributed by atoms with E-state index < -0.39 is 0 Å². The Bertz CT molecular complexity index is 401. The molecule has 1 aromatic rings. The highest BCUT2D eigenvalue weighted by Crippen LogP contribution is 2.08. The van der Waals surface area contributed by atoms with Crippen LogP contribution in [0.4, 0.5) is 0 Å². The lowest BCUT2D eigenvalue weighted by atomic mass is 10.1. The second kappa shape index (κ2) is 8.72. The van der Waals surface area contributed by atoms with Gasteiger partial charge < -0.3 is 14.5 Å². The van der Waals surface area contributed by atoms with Crippen LogP contribution in [0.1, 0.15) is 29.3 Å². The van der Waals surface area contributed by atoms with Crippen molar-refractivity contribution < 1.29 is 9.53 Å². The smallest absolute Gasteiger partial charge is 0.338 e. The Morgan fingerprint density at radius 1 is 1.10 bits per heavy atom. The first kappa shape index (κ1) is 16.7. The molecule has 1 aromatic carbocycles. The standard InChI is InChI=1S/C16H26N2O2/c1-5-12-20-16(19)15-8-6-14(7-9-15)13-18(4)11-10-17(2)3/h6-9H,5,10-13H2,1-4H3. The van der Waals surface area contributed by atoms with E-state index in [2.05, 4.69) is 30.9 Å². The van der Waals surface area contributed by atoms with Crippen LogP contribution < -0.4 is 0 Å². The fourth-order valence-corrected chi connectivity index (χ4v) is 1.79. The van der Waals surface area contributed by atoms with Gasteiger partial charge in [0.25, 0.3) is 0 Å². The molecule has 0 amide bonds. The number of nitrogens with zero attached hydrogens (tertiary/aromatic N) is 2. The lowest BCUT2D eigenvalue weighted by Crippen LogP contribution is -2.28. The Morgan fingerprint density at radius 2 is 1.75 bits per heavy atom. The normalized spacial score (nSPS) is 11.1. The molecule has 0 saturated heterocycles. The Labute approximate surface area is 122 Å². The molecule has 1 rings (SSSR count). The Morgan fingerprint density at radius 3 is 2.30 bits per heavy atom. The predicted octanol–water partition coefficient (Wildman–Crippen LogP) is 2.25. The lowest BCUT2D eigenvalue weighted by molar-refractivity contribution is 0.0505. The summed E-state index contributed by atoms with van der Waals surface area (Å²) in [7, 11) is 6.25. The van der Waals surface area contributed by atoms with E-state index in [4.69, 9.17) is 4.74 Å². The summed E-state index contributed by atoms with van der Waals surface area (Å²) < 4.78 is 5.11. The van der Waals surface area contributed by atoms with Gasteiger partial charge in [-0.2, -0.15) is 0 Å². The van der Waals surface area contributed by atoms with Crippen LogP contribution in [0.3, 0.4) is 0 Å². The molecule has 0 radical (unpaired) electrons. The molecule has 0 aliphatic heterocycles. The fraction of sp³-hybridized carbons (Fsp3) is 0.562. The first-order valence-corrected chi connectivity index (χ1v) is 7.12. The molecule has 0 saturated carbocycles. The highest BCUT2D eigenvalue weighted by molar-refractivity contribution is 5.89. The Balaban J connectivity index is 2.47. The van der Waals surface area contributed by atoms with E-state index in [-0.39, 0.29) is 5.97 Å². The zero-order chi connectivity index (χ0) is 15.0. The van der Waals surface area contributed by atoms with Crippen LogP contribution >= 0.6 is 0 Å². The monoisotopic (exact) mass is 278 g/mol. The van der Waals surface area contributed by atoms with Gasteiger partial charge in [0.05, 0.1) is 12.2 Å². The van der Waals surface area contributed by atoms with Gasteiger partial charge in [-0.1, -0.05) is 19.1 Å². The minimum Gasteiger partial charge on any atom is -0.462 e. The molecule has 4 nitrogen and oxygen atoms in total. The number of esters is 1. The molecule has 0 spiro atoms. The zero-order valence-corrected chi connectivity index (χ0v) is 13.1. The van der Waals surface area contributed by atoms with Crippen molar-refractivity contribution in [3.8, 4) is 0 Å². The van der Waals surface area contributed by atoms with E-state index in [1.807, 2.05) is 31.2 Å². The van der Waals surface area contributed by atoms with Crippen molar-refractivity contribution in [3.05, 3.63) is 35.4 Å². The molecule has 4 heteroatoms. The van der Waals surface area contributed by atoms with Crippen molar-refractivity contribution in [1.82, 2.24) is 9.80 Å². The lowest BCUT2D eigenvalue weighted by Gasteiger charge is -2.19. The van der Waals surface area contributed by atoms with E-state index in [1.54, 1.807) is 0 Å². The number of carbonyl (C=O) groups is 1. The van der Waals surface area contributed by atoms with Crippen LogP contribution in [0.2, 0.25) is 0 Å². The van der Waals surface area contributed by atoms with Crippen LogP contribution in [0.5, 0.6) is 0 Å². The summed E-state index contributed by atoms with van der Waals surface area (Å²) in [5.74, 6) is -0.237. The van der Waals surface area contributed by atoms with Crippen LogP contribution in [-0.2, 0) is 11.3 Å². The quantitative estimate of drug-likeness (QED) is 0.683. The third-order valence-corrected chi connectivity index (χ3v) is 3.01. The molecule has 0 aromatic heterocycles. The number of hydrogen-bond acceptors (Lipinski definition) is 4. The second-order valence-electron chi connectivity index (χ2n) is 5.37. The molecule has 0 heterocycles. The molecular weight excluding hydrogens is 252 g/mol. The highest BCUT2D eigenvalue weighted by atomic mass is 16.5. The van der Waals surface area contributed by atoms with Gasteiger partial charge in [-0.05, 0) is 45.3 Å².